The van der Waals surface area contributed by atoms with Gasteiger partial charge in [-0.05, 0) is 52.2 Å². The van der Waals surface area contributed by atoms with Gasteiger partial charge in [-0.1, -0.05) is 12.1 Å². The van der Waals surface area contributed by atoms with Gasteiger partial charge in [-0.25, -0.2) is 0 Å². The van der Waals surface area contributed by atoms with Crippen LogP contribution in [0.3, 0.4) is 0 Å². The monoisotopic (exact) mass is 321 g/mol. The summed E-state index contributed by atoms with van der Waals surface area (Å²) >= 11 is 0. The molecule has 2 rings (SSSR count). The Hall–Kier alpha value is -1.59. The molecule has 1 N–H and O–H groups in total. The van der Waals surface area contributed by atoms with Crippen LogP contribution in [0.25, 0.3) is 0 Å². The van der Waals surface area contributed by atoms with Gasteiger partial charge in [0.1, 0.15) is 11.9 Å². The van der Waals surface area contributed by atoms with Crippen molar-refractivity contribution >= 4 is 11.6 Å². The first-order chi connectivity index (χ1) is 11.1. The topological polar surface area (TPSA) is 56.8 Å². The number of anilines is 1. The van der Waals surface area contributed by atoms with Crippen LogP contribution in [0.5, 0.6) is 5.75 Å². The zero-order valence-corrected chi connectivity index (χ0v) is 14.2. The maximum atomic E-state index is 12.3. The minimum Gasteiger partial charge on any atom is -0.489 e. The maximum Gasteiger partial charge on any atom is 0.253 e. The van der Waals surface area contributed by atoms with Gasteiger partial charge in [0.15, 0.2) is 0 Å². The van der Waals surface area contributed by atoms with Crippen LogP contribution in [0, 0.1) is 0 Å². The largest absolute Gasteiger partial charge is 0.489 e. The van der Waals surface area contributed by atoms with Gasteiger partial charge in [-0.2, -0.15) is 0 Å². The number of nitrogens with one attached hydrogen (secondary N) is 1. The molecule has 1 amide bonds. The number of hydrogen-bond acceptors (Lipinski definition) is 4. The average molecular weight is 321 g/mol. The van der Waals surface area contributed by atoms with Crippen LogP contribution in [0.4, 0.5) is 5.69 Å². The third-order valence-corrected chi connectivity index (χ3v) is 3.68. The molecule has 0 unspecified atom stereocenters. The normalized spacial score (nSPS) is 19.4. The van der Waals surface area contributed by atoms with Crippen molar-refractivity contribution in [3.8, 4) is 5.75 Å². The standard InChI is InChI=1S/C18H27NO4/c1-13(2)23-17-10-5-4-9-16(17)19-18(20)14(3)22-12-15-8-6-7-11-21-15/h4-5,9-10,13-15H,6-8,11-12H2,1-3H3,(H,19,20)/t14-,15-/m0/s1. The Kier molecular flexibility index (Phi) is 6.86. The van der Waals surface area contributed by atoms with Crippen LogP contribution in [0.1, 0.15) is 40.0 Å². The number of ether oxygens (including phenoxy) is 3. The number of carbonyl (C=O) groups excluding carboxylic acids is 1. The molecule has 1 saturated heterocycles. The Bertz CT molecular complexity index is 498. The quantitative estimate of drug-likeness (QED) is 0.836. The third kappa shape index (κ3) is 5.84. The second-order valence-electron chi connectivity index (χ2n) is 6.12. The van der Waals surface area contributed by atoms with Gasteiger partial charge in [0, 0.05) is 6.61 Å². The van der Waals surface area contributed by atoms with E-state index in [4.69, 9.17) is 14.2 Å². The first-order valence-electron chi connectivity index (χ1n) is 8.36. The van der Waals surface area contributed by atoms with Gasteiger partial charge < -0.3 is 19.5 Å². The van der Waals surface area contributed by atoms with Gasteiger partial charge in [-0.15, -0.1) is 0 Å². The van der Waals surface area contributed by atoms with Crippen molar-refractivity contribution in [3.63, 3.8) is 0 Å². The van der Waals surface area contributed by atoms with Crippen LogP contribution >= 0.6 is 0 Å². The summed E-state index contributed by atoms with van der Waals surface area (Å²) in [6, 6.07) is 7.42. The van der Waals surface area contributed by atoms with Crippen molar-refractivity contribution in [2.24, 2.45) is 0 Å². The van der Waals surface area contributed by atoms with E-state index in [1.165, 1.54) is 0 Å². The minimum atomic E-state index is -0.535. The molecule has 5 heteroatoms. The maximum absolute atomic E-state index is 12.3. The highest BCUT2D eigenvalue weighted by molar-refractivity contribution is 5.95. The molecule has 1 aromatic rings. The van der Waals surface area contributed by atoms with Gasteiger partial charge in [0.2, 0.25) is 0 Å². The van der Waals surface area contributed by atoms with Crippen molar-refractivity contribution in [1.29, 1.82) is 0 Å². The second kappa shape index (κ2) is 8.89. The summed E-state index contributed by atoms with van der Waals surface area (Å²) in [6.07, 6.45) is 2.89. The van der Waals surface area contributed by atoms with E-state index in [9.17, 15) is 4.79 Å². The summed E-state index contributed by atoms with van der Waals surface area (Å²) < 4.78 is 17.0. The first kappa shape index (κ1) is 17.8. The number of para-hydroxylation sites is 2. The molecule has 0 saturated carbocycles. The zero-order chi connectivity index (χ0) is 16.7. The lowest BCUT2D eigenvalue weighted by Gasteiger charge is -2.24. The number of carbonyl (C=O) groups is 1. The lowest BCUT2D eigenvalue weighted by molar-refractivity contribution is -0.130. The Morgan fingerprint density at radius 1 is 1.30 bits per heavy atom. The molecule has 0 bridgehead atoms. The number of rotatable bonds is 7. The SMILES string of the molecule is CC(C)Oc1ccccc1NC(=O)[C@H](C)OC[C@@H]1CCCCO1. The summed E-state index contributed by atoms with van der Waals surface area (Å²) in [5.74, 6) is 0.485. The Labute approximate surface area is 138 Å². The fourth-order valence-electron chi connectivity index (χ4n) is 2.43. The summed E-state index contributed by atoms with van der Waals surface area (Å²) in [6.45, 7) is 6.90. The van der Waals surface area contributed by atoms with Crippen LogP contribution in [-0.2, 0) is 14.3 Å². The van der Waals surface area contributed by atoms with Gasteiger partial charge >= 0.3 is 0 Å². The van der Waals surface area contributed by atoms with Crippen LogP contribution in [-0.4, -0.2) is 37.4 Å². The molecule has 1 fully saturated rings. The summed E-state index contributed by atoms with van der Waals surface area (Å²) in [5.41, 5.74) is 0.663. The van der Waals surface area contributed by atoms with Crippen LogP contribution in [0.15, 0.2) is 24.3 Å². The fraction of sp³-hybridized carbons (Fsp3) is 0.611. The highest BCUT2D eigenvalue weighted by Crippen LogP contribution is 2.25. The van der Waals surface area contributed by atoms with Gasteiger partial charge in [0.25, 0.3) is 5.91 Å². The fourth-order valence-corrected chi connectivity index (χ4v) is 2.43. The molecule has 2 atom stereocenters. The van der Waals surface area contributed by atoms with Crippen molar-refractivity contribution in [3.05, 3.63) is 24.3 Å². The predicted octanol–water partition coefficient (Wildman–Crippen LogP) is 3.39. The lowest BCUT2D eigenvalue weighted by atomic mass is 10.1. The van der Waals surface area contributed by atoms with Gasteiger partial charge in [0.05, 0.1) is 24.5 Å². The Morgan fingerprint density at radius 3 is 2.78 bits per heavy atom. The number of hydrogen-bond donors (Lipinski definition) is 1. The van der Waals surface area contributed by atoms with Crippen molar-refractivity contribution < 1.29 is 19.0 Å². The molecule has 128 valence electrons. The zero-order valence-electron chi connectivity index (χ0n) is 14.2. The molecule has 0 aromatic heterocycles. The second-order valence-corrected chi connectivity index (χ2v) is 6.12. The third-order valence-electron chi connectivity index (χ3n) is 3.68. The molecular formula is C18H27NO4. The van der Waals surface area contributed by atoms with Gasteiger partial charge in [-0.3, -0.25) is 4.79 Å². The summed E-state index contributed by atoms with van der Waals surface area (Å²) in [5, 5.41) is 2.87. The molecular weight excluding hydrogens is 294 g/mol. The molecule has 1 aliphatic heterocycles. The Morgan fingerprint density at radius 2 is 2.09 bits per heavy atom. The lowest BCUT2D eigenvalue weighted by Crippen LogP contribution is -2.32. The Balaban J connectivity index is 1.85. The van der Waals surface area contributed by atoms with E-state index in [1.54, 1.807) is 6.92 Å². The van der Waals surface area contributed by atoms with E-state index < -0.39 is 6.10 Å². The molecule has 1 heterocycles. The molecule has 1 aliphatic rings. The van der Waals surface area contributed by atoms with E-state index in [1.807, 2.05) is 38.1 Å². The van der Waals surface area contributed by atoms with Crippen molar-refractivity contribution in [1.82, 2.24) is 0 Å². The van der Waals surface area contributed by atoms with Crippen LogP contribution < -0.4 is 10.1 Å². The highest BCUT2D eigenvalue weighted by atomic mass is 16.5. The van der Waals surface area contributed by atoms with E-state index in [0.29, 0.717) is 18.0 Å². The molecule has 0 radical (unpaired) electrons. The van der Waals surface area contributed by atoms with Crippen molar-refractivity contribution in [2.75, 3.05) is 18.5 Å². The van der Waals surface area contributed by atoms with E-state index in [2.05, 4.69) is 5.32 Å². The summed E-state index contributed by atoms with van der Waals surface area (Å²) in [4.78, 5) is 12.3. The minimum absolute atomic E-state index is 0.0465. The summed E-state index contributed by atoms with van der Waals surface area (Å²) in [7, 11) is 0. The first-order valence-corrected chi connectivity index (χ1v) is 8.36. The smallest absolute Gasteiger partial charge is 0.253 e. The molecule has 1 aromatic carbocycles. The van der Waals surface area contributed by atoms with E-state index >= 15 is 0 Å². The van der Waals surface area contributed by atoms with E-state index in [0.717, 1.165) is 25.9 Å². The molecule has 23 heavy (non-hydrogen) atoms. The predicted molar refractivity (Wildman–Crippen MR) is 89.8 cm³/mol. The van der Waals surface area contributed by atoms with E-state index in [-0.39, 0.29) is 18.1 Å². The molecule has 5 nitrogen and oxygen atoms in total. The average Bonchev–Trinajstić information content (AvgIpc) is 2.55. The molecule has 0 spiro atoms. The van der Waals surface area contributed by atoms with Crippen LogP contribution in [0.2, 0.25) is 0 Å². The molecule has 0 aliphatic carbocycles. The number of amides is 1. The highest BCUT2D eigenvalue weighted by Gasteiger charge is 2.19. The van der Waals surface area contributed by atoms with Crippen molar-refractivity contribution in [2.45, 2.75) is 58.3 Å². The number of benzene rings is 1.